The third kappa shape index (κ3) is 7.67. The molecule has 0 aliphatic rings. The molecule has 6 nitrogen and oxygen atoms in total. The monoisotopic (exact) mass is 550 g/mol. The van der Waals surface area contributed by atoms with Crippen molar-refractivity contribution in [3.63, 3.8) is 0 Å². The van der Waals surface area contributed by atoms with Crippen molar-refractivity contribution in [2.24, 2.45) is 0 Å². The number of rotatable bonds is 10. The number of benzene rings is 2. The number of para-hydroxylation sites is 1. The fourth-order valence-corrected chi connectivity index (χ4v) is 4.61. The lowest BCUT2D eigenvalue weighted by atomic mass is 10.2. The van der Waals surface area contributed by atoms with Gasteiger partial charge in [0.25, 0.3) is 0 Å². The molecule has 2 aromatic rings. The molecule has 0 atom stereocenters. The Morgan fingerprint density at radius 1 is 1.24 bits per heavy atom. The number of ether oxygens (including phenoxy) is 1. The minimum atomic E-state index is -3.44. The maximum atomic E-state index is 12.2. The van der Waals surface area contributed by atoms with Crippen molar-refractivity contribution in [1.29, 1.82) is 0 Å². The highest BCUT2D eigenvalue weighted by atomic mass is 127. The van der Waals surface area contributed by atoms with Crippen molar-refractivity contribution < 1.29 is 17.9 Å². The number of hydrogen-bond acceptors (Lipinski definition) is 4. The molecule has 0 heterocycles. The van der Waals surface area contributed by atoms with Gasteiger partial charge in [-0.15, -0.1) is 0 Å². The molecule has 2 aromatic carbocycles. The quantitative estimate of drug-likeness (QED) is 0.359. The first-order chi connectivity index (χ1) is 13.7. The Balaban J connectivity index is 1.80. The third-order valence-electron chi connectivity index (χ3n) is 4.11. The second kappa shape index (κ2) is 11.0. The van der Waals surface area contributed by atoms with Gasteiger partial charge in [-0.25, -0.2) is 8.42 Å². The topological polar surface area (TPSA) is 75.7 Å². The highest BCUT2D eigenvalue weighted by molar-refractivity contribution is 14.1. The standard InChI is InChI=1S/C20H24ClIN2O4S/c1-15-14-16(22)9-10-18(15)24(29(2,26)27)12-5-8-20(25)23-11-13-28-19-7-4-3-6-17(19)21/h3-4,6-7,9-10,14H,5,8,11-13H2,1-2H3,(H,23,25). The van der Waals surface area contributed by atoms with Crippen molar-refractivity contribution in [2.75, 3.05) is 30.3 Å². The van der Waals surface area contributed by atoms with Crippen LogP contribution in [0.1, 0.15) is 18.4 Å². The lowest BCUT2D eigenvalue weighted by Gasteiger charge is -2.24. The van der Waals surface area contributed by atoms with E-state index >= 15 is 0 Å². The lowest BCUT2D eigenvalue weighted by Crippen LogP contribution is -2.33. The molecule has 0 aromatic heterocycles. The number of aryl methyl sites for hydroxylation is 1. The van der Waals surface area contributed by atoms with Gasteiger partial charge in [0, 0.05) is 16.5 Å². The normalized spacial score (nSPS) is 11.2. The van der Waals surface area contributed by atoms with Crippen molar-refractivity contribution in [3.05, 3.63) is 56.6 Å². The summed E-state index contributed by atoms with van der Waals surface area (Å²) >= 11 is 8.19. The largest absolute Gasteiger partial charge is 0.490 e. The summed E-state index contributed by atoms with van der Waals surface area (Å²) in [6, 6.07) is 12.7. The van der Waals surface area contributed by atoms with Gasteiger partial charge in [0.1, 0.15) is 12.4 Å². The number of nitrogens with zero attached hydrogens (tertiary/aromatic N) is 1. The van der Waals surface area contributed by atoms with Crippen molar-refractivity contribution in [3.8, 4) is 5.75 Å². The van der Waals surface area contributed by atoms with Gasteiger partial charge in [0.05, 0.1) is 23.5 Å². The highest BCUT2D eigenvalue weighted by Gasteiger charge is 2.19. The molecule has 0 saturated carbocycles. The number of amides is 1. The number of carbonyl (C=O) groups is 1. The van der Waals surface area contributed by atoms with E-state index in [4.69, 9.17) is 16.3 Å². The van der Waals surface area contributed by atoms with Crippen LogP contribution in [0, 0.1) is 10.5 Å². The number of halogens is 2. The van der Waals surface area contributed by atoms with Gasteiger partial charge >= 0.3 is 0 Å². The summed E-state index contributed by atoms with van der Waals surface area (Å²) in [5.41, 5.74) is 1.52. The van der Waals surface area contributed by atoms with E-state index < -0.39 is 10.0 Å². The SMILES string of the molecule is Cc1cc(I)ccc1N(CCCC(=O)NCCOc1ccccc1Cl)S(C)(=O)=O. The summed E-state index contributed by atoms with van der Waals surface area (Å²) in [6.45, 7) is 2.76. The maximum Gasteiger partial charge on any atom is 0.232 e. The molecule has 0 bridgehead atoms. The van der Waals surface area contributed by atoms with Crippen LogP contribution in [0.4, 0.5) is 5.69 Å². The van der Waals surface area contributed by atoms with Crippen LogP contribution in [-0.4, -0.2) is 40.3 Å². The van der Waals surface area contributed by atoms with Crippen LogP contribution in [0.25, 0.3) is 0 Å². The van der Waals surface area contributed by atoms with Gasteiger partial charge in [0.2, 0.25) is 15.9 Å². The van der Waals surface area contributed by atoms with Crippen LogP contribution in [0.15, 0.2) is 42.5 Å². The van der Waals surface area contributed by atoms with Crippen LogP contribution < -0.4 is 14.4 Å². The van der Waals surface area contributed by atoms with Crippen LogP contribution >= 0.6 is 34.2 Å². The van der Waals surface area contributed by atoms with Gasteiger partial charge in [0.15, 0.2) is 0 Å². The van der Waals surface area contributed by atoms with Crippen LogP contribution in [0.5, 0.6) is 5.75 Å². The Kier molecular flexibility index (Phi) is 9.04. The minimum absolute atomic E-state index is 0.152. The lowest BCUT2D eigenvalue weighted by molar-refractivity contribution is -0.121. The predicted octanol–water partition coefficient (Wildman–Crippen LogP) is 3.99. The van der Waals surface area contributed by atoms with E-state index in [1.165, 1.54) is 10.6 Å². The van der Waals surface area contributed by atoms with Crippen molar-refractivity contribution in [1.82, 2.24) is 5.32 Å². The molecule has 1 N–H and O–H groups in total. The van der Waals surface area contributed by atoms with Crippen LogP contribution in [-0.2, 0) is 14.8 Å². The summed E-state index contributed by atoms with van der Waals surface area (Å²) < 4.78 is 32.3. The Morgan fingerprint density at radius 2 is 1.97 bits per heavy atom. The average Bonchev–Trinajstić information content (AvgIpc) is 2.63. The van der Waals surface area contributed by atoms with E-state index in [-0.39, 0.29) is 18.9 Å². The Bertz CT molecular complexity index is 953. The summed E-state index contributed by atoms with van der Waals surface area (Å²) in [5.74, 6) is 0.417. The van der Waals surface area contributed by atoms with Crippen LogP contribution in [0.2, 0.25) is 5.02 Å². The first-order valence-corrected chi connectivity index (χ1v) is 12.4. The Morgan fingerprint density at radius 3 is 2.62 bits per heavy atom. The van der Waals surface area contributed by atoms with E-state index in [0.29, 0.717) is 36.0 Å². The molecule has 0 saturated heterocycles. The molecule has 0 unspecified atom stereocenters. The zero-order valence-corrected chi connectivity index (χ0v) is 20.1. The number of sulfonamides is 1. The molecule has 1 amide bonds. The smallest absolute Gasteiger partial charge is 0.232 e. The predicted molar refractivity (Wildman–Crippen MR) is 125 cm³/mol. The molecular weight excluding hydrogens is 527 g/mol. The Labute approximate surface area is 190 Å². The number of nitrogens with one attached hydrogen (secondary N) is 1. The molecule has 9 heteroatoms. The molecule has 29 heavy (non-hydrogen) atoms. The fraction of sp³-hybridized carbons (Fsp3) is 0.350. The molecule has 0 aliphatic carbocycles. The third-order valence-corrected chi connectivity index (χ3v) is 6.27. The van der Waals surface area contributed by atoms with Gasteiger partial charge in [-0.1, -0.05) is 23.7 Å². The van der Waals surface area contributed by atoms with Gasteiger partial charge < -0.3 is 10.1 Å². The summed E-state index contributed by atoms with van der Waals surface area (Å²) in [7, 11) is -3.44. The summed E-state index contributed by atoms with van der Waals surface area (Å²) in [4.78, 5) is 12.0. The van der Waals surface area contributed by atoms with E-state index in [9.17, 15) is 13.2 Å². The highest BCUT2D eigenvalue weighted by Crippen LogP contribution is 2.25. The molecule has 0 radical (unpaired) electrons. The van der Waals surface area contributed by atoms with Gasteiger partial charge in [-0.05, 0) is 71.8 Å². The fourth-order valence-electron chi connectivity index (χ4n) is 2.75. The molecule has 0 spiro atoms. The Hall–Kier alpha value is -1.52. The molecule has 158 valence electrons. The molecule has 0 fully saturated rings. The van der Waals surface area contributed by atoms with E-state index in [2.05, 4.69) is 27.9 Å². The summed E-state index contributed by atoms with van der Waals surface area (Å²) in [6.07, 6.45) is 1.81. The zero-order valence-electron chi connectivity index (χ0n) is 16.3. The van der Waals surface area contributed by atoms with E-state index in [0.717, 1.165) is 9.13 Å². The molecule has 2 rings (SSSR count). The average molecular weight is 551 g/mol. The van der Waals surface area contributed by atoms with E-state index in [1.54, 1.807) is 18.2 Å². The molecular formula is C20H24ClIN2O4S. The van der Waals surface area contributed by atoms with Gasteiger partial charge in [-0.2, -0.15) is 0 Å². The zero-order chi connectivity index (χ0) is 21.4. The second-order valence-electron chi connectivity index (χ2n) is 6.50. The van der Waals surface area contributed by atoms with Gasteiger partial charge in [-0.3, -0.25) is 9.10 Å². The number of carbonyl (C=O) groups excluding carboxylic acids is 1. The maximum absolute atomic E-state index is 12.2. The minimum Gasteiger partial charge on any atom is -0.490 e. The first kappa shape index (κ1) is 23.8. The van der Waals surface area contributed by atoms with Crippen molar-refractivity contribution in [2.45, 2.75) is 19.8 Å². The first-order valence-electron chi connectivity index (χ1n) is 9.06. The van der Waals surface area contributed by atoms with Crippen LogP contribution in [0.3, 0.4) is 0 Å². The number of hydrogen-bond donors (Lipinski definition) is 1. The van der Waals surface area contributed by atoms with Crippen molar-refractivity contribution >= 4 is 55.8 Å². The van der Waals surface area contributed by atoms with E-state index in [1.807, 2.05) is 31.2 Å². The summed E-state index contributed by atoms with van der Waals surface area (Å²) in [5, 5.41) is 3.29. The number of anilines is 1. The second-order valence-corrected chi connectivity index (χ2v) is 10.1. The molecule has 0 aliphatic heterocycles.